The molecule has 0 atom stereocenters. The molecule has 5 heteroatoms. The molecule has 1 aromatic heterocycles. The number of benzene rings is 1. The molecule has 0 saturated heterocycles. The lowest BCUT2D eigenvalue weighted by molar-refractivity contribution is 0.619. The van der Waals surface area contributed by atoms with E-state index >= 15 is 0 Å². The molecule has 0 bridgehead atoms. The van der Waals surface area contributed by atoms with E-state index in [9.17, 15) is 4.39 Å². The summed E-state index contributed by atoms with van der Waals surface area (Å²) in [5.74, 6) is -0.0289. The van der Waals surface area contributed by atoms with Crippen LogP contribution in [0.2, 0.25) is 0 Å². The number of rotatable bonds is 2. The summed E-state index contributed by atoms with van der Waals surface area (Å²) in [6.45, 7) is 1.69. The quantitative estimate of drug-likeness (QED) is 0.857. The molecule has 2 aromatic rings. The molecule has 0 radical (unpaired) electrons. The predicted octanol–water partition coefficient (Wildman–Crippen LogP) is 2.54. The van der Waals surface area contributed by atoms with Gasteiger partial charge in [-0.05, 0) is 30.7 Å². The molecule has 0 aliphatic carbocycles. The van der Waals surface area contributed by atoms with Crippen LogP contribution >= 0.6 is 0 Å². The summed E-state index contributed by atoms with van der Waals surface area (Å²) in [6, 6.07) is 8.15. The minimum Gasteiger partial charge on any atom is -0.324 e. The van der Waals surface area contributed by atoms with E-state index in [1.165, 1.54) is 18.3 Å². The van der Waals surface area contributed by atoms with Crippen LogP contribution in [0.25, 0.3) is 0 Å². The minimum atomic E-state index is -0.300. The zero-order valence-electron chi connectivity index (χ0n) is 9.11. The molecule has 0 fully saturated rings. The largest absolute Gasteiger partial charge is 0.324 e. The lowest BCUT2D eigenvalue weighted by Crippen LogP contribution is -1.98. The van der Waals surface area contributed by atoms with Gasteiger partial charge in [0.25, 0.3) is 0 Å². The Morgan fingerprint density at radius 3 is 2.88 bits per heavy atom. The first-order chi connectivity index (χ1) is 8.19. The van der Waals surface area contributed by atoms with Gasteiger partial charge in [-0.2, -0.15) is 5.26 Å². The van der Waals surface area contributed by atoms with Crippen LogP contribution in [-0.4, -0.2) is 9.97 Å². The Balaban J connectivity index is 2.25. The fourth-order valence-electron chi connectivity index (χ4n) is 1.28. The second-order valence-electron chi connectivity index (χ2n) is 3.47. The Bertz CT molecular complexity index is 589. The Morgan fingerprint density at radius 2 is 2.18 bits per heavy atom. The molecular weight excluding hydrogens is 219 g/mol. The highest BCUT2D eigenvalue weighted by molar-refractivity contribution is 5.54. The molecule has 2 rings (SSSR count). The molecule has 1 aromatic carbocycles. The maximum absolute atomic E-state index is 13.3. The van der Waals surface area contributed by atoms with Gasteiger partial charge in [0.2, 0.25) is 5.95 Å². The highest BCUT2D eigenvalue weighted by Gasteiger charge is 2.02. The van der Waals surface area contributed by atoms with E-state index in [0.717, 1.165) is 0 Å². The van der Waals surface area contributed by atoms with Crippen molar-refractivity contribution in [1.29, 1.82) is 5.26 Å². The molecule has 0 aliphatic rings. The number of nitrogens with zero attached hydrogens (tertiary/aromatic N) is 3. The van der Waals surface area contributed by atoms with Crippen molar-refractivity contribution >= 4 is 11.6 Å². The molecule has 0 amide bonds. The van der Waals surface area contributed by atoms with Gasteiger partial charge in [0, 0.05) is 11.9 Å². The van der Waals surface area contributed by atoms with Gasteiger partial charge in [0.1, 0.15) is 17.6 Å². The van der Waals surface area contributed by atoms with Crippen LogP contribution in [0.4, 0.5) is 16.0 Å². The van der Waals surface area contributed by atoms with Crippen LogP contribution in [0.15, 0.2) is 30.5 Å². The van der Waals surface area contributed by atoms with Crippen molar-refractivity contribution in [2.45, 2.75) is 6.92 Å². The summed E-state index contributed by atoms with van der Waals surface area (Å²) >= 11 is 0. The molecule has 1 N–H and O–H groups in total. The van der Waals surface area contributed by atoms with Gasteiger partial charge < -0.3 is 5.32 Å². The van der Waals surface area contributed by atoms with Crippen molar-refractivity contribution in [2.24, 2.45) is 0 Å². The molecule has 84 valence electrons. The maximum atomic E-state index is 13.3. The monoisotopic (exact) mass is 228 g/mol. The van der Waals surface area contributed by atoms with Gasteiger partial charge >= 0.3 is 0 Å². The maximum Gasteiger partial charge on any atom is 0.228 e. The summed E-state index contributed by atoms with van der Waals surface area (Å²) in [4.78, 5) is 7.87. The van der Waals surface area contributed by atoms with Crippen molar-refractivity contribution in [3.8, 4) is 6.07 Å². The zero-order chi connectivity index (χ0) is 12.3. The van der Waals surface area contributed by atoms with Crippen LogP contribution < -0.4 is 5.32 Å². The number of nitrogens with one attached hydrogen (secondary N) is 1. The van der Waals surface area contributed by atoms with Gasteiger partial charge in [-0.1, -0.05) is 6.07 Å². The van der Waals surface area contributed by atoms with Gasteiger partial charge in [-0.15, -0.1) is 0 Å². The molecule has 0 saturated carbocycles. The van der Waals surface area contributed by atoms with Crippen molar-refractivity contribution < 1.29 is 4.39 Å². The number of aromatic nitrogens is 2. The predicted molar refractivity (Wildman–Crippen MR) is 61.2 cm³/mol. The Kier molecular flexibility index (Phi) is 2.97. The van der Waals surface area contributed by atoms with Crippen molar-refractivity contribution in [3.63, 3.8) is 0 Å². The van der Waals surface area contributed by atoms with Gasteiger partial charge in [0.05, 0.1) is 0 Å². The summed E-state index contributed by atoms with van der Waals surface area (Å²) in [7, 11) is 0. The van der Waals surface area contributed by atoms with Crippen LogP contribution in [0.5, 0.6) is 0 Å². The van der Waals surface area contributed by atoms with E-state index in [2.05, 4.69) is 15.3 Å². The molecular formula is C12H9FN4. The second kappa shape index (κ2) is 4.58. The number of aryl methyl sites for hydroxylation is 1. The third-order valence-corrected chi connectivity index (χ3v) is 2.20. The molecule has 17 heavy (non-hydrogen) atoms. The normalized spacial score (nSPS) is 9.71. The number of anilines is 2. The standard InChI is InChI=1S/C12H9FN4/c1-8-2-3-9(6-11(8)13)16-12-15-5-4-10(7-14)17-12/h2-6H,1H3,(H,15,16,17). The van der Waals surface area contributed by atoms with Gasteiger partial charge in [-0.3, -0.25) is 0 Å². The third kappa shape index (κ3) is 2.55. The topological polar surface area (TPSA) is 61.6 Å². The first-order valence-corrected chi connectivity index (χ1v) is 4.95. The summed E-state index contributed by atoms with van der Waals surface area (Å²) in [5, 5.41) is 11.5. The van der Waals surface area contributed by atoms with E-state index in [1.807, 2.05) is 6.07 Å². The van der Waals surface area contributed by atoms with Gasteiger partial charge in [-0.25, -0.2) is 14.4 Å². The lowest BCUT2D eigenvalue weighted by Gasteiger charge is -2.05. The molecule has 4 nitrogen and oxygen atoms in total. The van der Waals surface area contributed by atoms with Crippen LogP contribution in [0, 0.1) is 24.1 Å². The van der Waals surface area contributed by atoms with Crippen molar-refractivity contribution in [1.82, 2.24) is 9.97 Å². The fraction of sp³-hybridized carbons (Fsp3) is 0.0833. The van der Waals surface area contributed by atoms with Crippen LogP contribution in [0.1, 0.15) is 11.3 Å². The van der Waals surface area contributed by atoms with Crippen molar-refractivity contribution in [3.05, 3.63) is 47.5 Å². The Hall–Kier alpha value is -2.48. The molecule has 1 heterocycles. The Morgan fingerprint density at radius 1 is 1.35 bits per heavy atom. The van der Waals surface area contributed by atoms with E-state index in [-0.39, 0.29) is 17.5 Å². The number of nitriles is 1. The van der Waals surface area contributed by atoms with Gasteiger partial charge in [0.15, 0.2) is 0 Å². The molecule has 0 spiro atoms. The third-order valence-electron chi connectivity index (χ3n) is 2.20. The molecule has 0 unspecified atom stereocenters. The summed E-state index contributed by atoms with van der Waals surface area (Å²) in [6.07, 6.45) is 1.47. The highest BCUT2D eigenvalue weighted by Crippen LogP contribution is 2.16. The second-order valence-corrected chi connectivity index (χ2v) is 3.47. The average molecular weight is 228 g/mol. The number of halogens is 1. The smallest absolute Gasteiger partial charge is 0.228 e. The van der Waals surface area contributed by atoms with E-state index < -0.39 is 0 Å². The zero-order valence-corrected chi connectivity index (χ0v) is 9.11. The highest BCUT2D eigenvalue weighted by atomic mass is 19.1. The number of hydrogen-bond acceptors (Lipinski definition) is 4. The Labute approximate surface area is 97.8 Å². The van der Waals surface area contributed by atoms with E-state index in [1.54, 1.807) is 19.1 Å². The average Bonchev–Trinajstić information content (AvgIpc) is 2.34. The SMILES string of the molecule is Cc1ccc(Nc2nccc(C#N)n2)cc1F. The van der Waals surface area contributed by atoms with E-state index in [4.69, 9.17) is 5.26 Å². The minimum absolute atomic E-state index is 0.259. The lowest BCUT2D eigenvalue weighted by atomic mass is 10.2. The van der Waals surface area contributed by atoms with Crippen LogP contribution in [0.3, 0.4) is 0 Å². The van der Waals surface area contributed by atoms with Crippen molar-refractivity contribution in [2.75, 3.05) is 5.32 Å². The number of hydrogen-bond donors (Lipinski definition) is 1. The summed E-state index contributed by atoms with van der Waals surface area (Å²) < 4.78 is 13.3. The summed E-state index contributed by atoms with van der Waals surface area (Å²) in [5.41, 5.74) is 1.38. The first kappa shape index (κ1) is 11.0. The van der Waals surface area contributed by atoms with E-state index in [0.29, 0.717) is 11.3 Å². The van der Waals surface area contributed by atoms with Crippen LogP contribution in [-0.2, 0) is 0 Å². The molecule has 0 aliphatic heterocycles. The first-order valence-electron chi connectivity index (χ1n) is 4.95. The fourth-order valence-corrected chi connectivity index (χ4v) is 1.28.